The molecule has 0 aliphatic rings. The minimum atomic E-state index is -4.84. The van der Waals surface area contributed by atoms with Gasteiger partial charge >= 0.3 is 6.18 Å². The smallest absolute Gasteiger partial charge is 0.384 e. The van der Waals surface area contributed by atoms with Crippen LogP contribution in [0.3, 0.4) is 0 Å². The predicted octanol–water partition coefficient (Wildman–Crippen LogP) is 3.55. The molecule has 0 saturated heterocycles. The fraction of sp³-hybridized carbons (Fsp3) is 0.300. The van der Waals surface area contributed by atoms with E-state index >= 15 is 0 Å². The van der Waals surface area contributed by atoms with Gasteiger partial charge in [-0.25, -0.2) is 8.42 Å². The maximum atomic E-state index is 13.1. The van der Waals surface area contributed by atoms with E-state index in [-0.39, 0.29) is 10.6 Å². The number of benzene rings is 2. The Bertz CT molecular complexity index is 1130. The second-order valence-electron chi connectivity index (χ2n) is 7.00. The van der Waals surface area contributed by atoms with Crippen LogP contribution in [0, 0.1) is 11.3 Å². The number of nitriles is 1. The third-order valence-corrected chi connectivity index (χ3v) is 6.63. The number of alkyl halides is 4. The number of sulfone groups is 1. The molecule has 0 spiro atoms. The number of hydrogen-bond donors (Lipinski definition) is 3. The van der Waals surface area contributed by atoms with Crippen LogP contribution in [0.25, 0.3) is 0 Å². The Morgan fingerprint density at radius 3 is 2.28 bits per heavy atom. The fourth-order valence-electron chi connectivity index (χ4n) is 2.71. The molecule has 172 valence electrons. The number of nitrogens with one attached hydrogen (secondary N) is 2. The molecular weight excluding hydrogens is 515 g/mol. The van der Waals surface area contributed by atoms with Crippen molar-refractivity contribution in [3.8, 4) is 6.07 Å². The van der Waals surface area contributed by atoms with E-state index in [1.54, 1.807) is 0 Å². The van der Waals surface area contributed by atoms with Gasteiger partial charge in [0.2, 0.25) is 0 Å². The van der Waals surface area contributed by atoms with Crippen molar-refractivity contribution in [1.29, 1.82) is 5.26 Å². The van der Waals surface area contributed by atoms with Gasteiger partial charge in [-0.15, -0.1) is 0 Å². The molecular formula is C20H19BrF3N3O4S. The minimum Gasteiger partial charge on any atom is -0.384 e. The van der Waals surface area contributed by atoms with Crippen LogP contribution in [-0.2, 0) is 20.8 Å². The number of aliphatic hydroxyl groups is 1. The second-order valence-corrected chi connectivity index (χ2v) is 9.78. The van der Waals surface area contributed by atoms with Gasteiger partial charge in [-0.05, 0) is 49.4 Å². The summed E-state index contributed by atoms with van der Waals surface area (Å²) < 4.78 is 64.6. The number of anilines is 2. The molecule has 0 aliphatic heterocycles. The molecule has 2 aromatic rings. The Kier molecular flexibility index (Phi) is 7.92. The predicted molar refractivity (Wildman–Crippen MR) is 116 cm³/mol. The Hall–Kier alpha value is -2.62. The third-order valence-electron chi connectivity index (χ3n) is 4.30. The normalized spacial score (nSPS) is 13.7. The topological polar surface area (TPSA) is 119 Å². The fourth-order valence-corrected chi connectivity index (χ4v) is 4.50. The molecule has 2 rings (SSSR count). The highest BCUT2D eigenvalue weighted by Crippen LogP contribution is 2.33. The van der Waals surface area contributed by atoms with E-state index in [4.69, 9.17) is 5.26 Å². The zero-order valence-electron chi connectivity index (χ0n) is 16.7. The van der Waals surface area contributed by atoms with Gasteiger partial charge in [0.25, 0.3) is 5.91 Å². The highest BCUT2D eigenvalue weighted by atomic mass is 79.9. The first-order valence-corrected chi connectivity index (χ1v) is 11.9. The highest BCUT2D eigenvalue weighted by molar-refractivity contribution is 9.09. The van der Waals surface area contributed by atoms with E-state index in [1.165, 1.54) is 30.3 Å². The quantitative estimate of drug-likeness (QED) is 0.446. The van der Waals surface area contributed by atoms with Crippen molar-refractivity contribution in [3.63, 3.8) is 0 Å². The van der Waals surface area contributed by atoms with Crippen LogP contribution in [0.1, 0.15) is 18.1 Å². The summed E-state index contributed by atoms with van der Waals surface area (Å²) in [4.78, 5) is 12.3. The summed E-state index contributed by atoms with van der Waals surface area (Å²) in [7, 11) is -4.11. The lowest BCUT2D eigenvalue weighted by Crippen LogP contribution is -2.45. The van der Waals surface area contributed by atoms with Crippen molar-refractivity contribution >= 4 is 43.0 Å². The molecule has 7 nitrogen and oxygen atoms in total. The van der Waals surface area contributed by atoms with Crippen molar-refractivity contribution < 1.29 is 31.5 Å². The number of carbonyl (C=O) groups is 1. The standard InChI is InChI=1S/C20H19BrF3N3O4S/c1-19(29,12-32(30,31)16-6-4-14(5-7-16)26-9-8-21)18(28)27-15-3-2-13(11-25)17(10-15)20(22,23)24/h2-7,10,26,29H,8-9,12H2,1H3,(H,27,28). The van der Waals surface area contributed by atoms with E-state index in [0.29, 0.717) is 23.6 Å². The first kappa shape index (κ1) is 25.6. The van der Waals surface area contributed by atoms with Crippen LogP contribution >= 0.6 is 15.9 Å². The Morgan fingerprint density at radius 2 is 1.75 bits per heavy atom. The summed E-state index contributed by atoms with van der Waals surface area (Å²) in [5, 5.41) is 25.1. The molecule has 0 heterocycles. The summed E-state index contributed by atoms with van der Waals surface area (Å²) in [6, 6.07) is 9.56. The number of carbonyl (C=O) groups excluding carboxylic acids is 1. The van der Waals surface area contributed by atoms with Crippen molar-refractivity contribution in [2.45, 2.75) is 23.6 Å². The maximum Gasteiger partial charge on any atom is 0.417 e. The maximum absolute atomic E-state index is 13.1. The summed E-state index contributed by atoms with van der Waals surface area (Å²) >= 11 is 3.25. The van der Waals surface area contributed by atoms with Gasteiger partial charge in [0.05, 0.1) is 27.8 Å². The summed E-state index contributed by atoms with van der Waals surface area (Å²) in [6.07, 6.45) is -4.84. The first-order chi connectivity index (χ1) is 14.8. The molecule has 0 radical (unpaired) electrons. The second kappa shape index (κ2) is 9.89. The molecule has 3 N–H and O–H groups in total. The number of rotatable bonds is 8. The van der Waals surface area contributed by atoms with E-state index in [0.717, 1.165) is 19.1 Å². The zero-order chi connectivity index (χ0) is 24.2. The lowest BCUT2D eigenvalue weighted by Gasteiger charge is -2.22. The van der Waals surface area contributed by atoms with E-state index in [9.17, 15) is 31.5 Å². The molecule has 0 aliphatic carbocycles. The monoisotopic (exact) mass is 533 g/mol. The first-order valence-electron chi connectivity index (χ1n) is 9.08. The molecule has 0 fully saturated rings. The van der Waals surface area contributed by atoms with Crippen molar-refractivity contribution in [3.05, 3.63) is 53.6 Å². The lowest BCUT2D eigenvalue weighted by atomic mass is 10.1. The average molecular weight is 534 g/mol. The number of halogens is 4. The van der Waals surface area contributed by atoms with Gasteiger partial charge in [0.15, 0.2) is 15.4 Å². The van der Waals surface area contributed by atoms with Crippen LogP contribution in [0.5, 0.6) is 0 Å². The van der Waals surface area contributed by atoms with Crippen molar-refractivity contribution in [2.24, 2.45) is 0 Å². The summed E-state index contributed by atoms with van der Waals surface area (Å²) in [5.41, 5.74) is -4.02. The Labute approximate surface area is 191 Å². The molecule has 0 saturated carbocycles. The van der Waals surface area contributed by atoms with E-state index in [2.05, 4.69) is 26.6 Å². The van der Waals surface area contributed by atoms with Gasteiger partial charge in [0, 0.05) is 23.2 Å². The summed E-state index contributed by atoms with van der Waals surface area (Å²) in [5.74, 6) is -2.21. The van der Waals surface area contributed by atoms with Gasteiger partial charge in [-0.1, -0.05) is 15.9 Å². The molecule has 2 aromatic carbocycles. The lowest BCUT2D eigenvalue weighted by molar-refractivity contribution is -0.137. The van der Waals surface area contributed by atoms with Crippen LogP contribution < -0.4 is 10.6 Å². The minimum absolute atomic E-state index is 0.132. The molecule has 1 amide bonds. The number of nitrogens with zero attached hydrogens (tertiary/aromatic N) is 1. The van der Waals surface area contributed by atoms with Gasteiger partial charge in [0.1, 0.15) is 0 Å². The van der Waals surface area contributed by atoms with Gasteiger partial charge in [-0.3, -0.25) is 4.79 Å². The van der Waals surface area contributed by atoms with Gasteiger partial charge in [-0.2, -0.15) is 18.4 Å². The molecule has 1 unspecified atom stereocenters. The van der Waals surface area contributed by atoms with Crippen LogP contribution in [0.2, 0.25) is 0 Å². The van der Waals surface area contributed by atoms with Crippen molar-refractivity contribution in [1.82, 2.24) is 0 Å². The van der Waals surface area contributed by atoms with Gasteiger partial charge < -0.3 is 15.7 Å². The number of amides is 1. The Morgan fingerprint density at radius 1 is 1.16 bits per heavy atom. The largest absolute Gasteiger partial charge is 0.417 e. The van der Waals surface area contributed by atoms with Crippen LogP contribution in [-0.4, -0.2) is 42.7 Å². The molecule has 0 aromatic heterocycles. The van der Waals surface area contributed by atoms with E-state index < -0.39 is 44.4 Å². The van der Waals surface area contributed by atoms with Crippen LogP contribution in [0.4, 0.5) is 24.5 Å². The molecule has 12 heteroatoms. The molecule has 0 bridgehead atoms. The number of hydrogen-bond acceptors (Lipinski definition) is 6. The van der Waals surface area contributed by atoms with E-state index in [1.807, 2.05) is 0 Å². The molecule has 32 heavy (non-hydrogen) atoms. The van der Waals surface area contributed by atoms with Crippen LogP contribution in [0.15, 0.2) is 47.4 Å². The highest BCUT2D eigenvalue weighted by Gasteiger charge is 2.38. The Balaban J connectivity index is 2.19. The SMILES string of the molecule is CC(O)(CS(=O)(=O)c1ccc(NCCBr)cc1)C(=O)Nc1ccc(C#N)c(C(F)(F)F)c1. The molecule has 1 atom stereocenters. The third kappa shape index (κ3) is 6.44. The summed E-state index contributed by atoms with van der Waals surface area (Å²) in [6.45, 7) is 1.56. The zero-order valence-corrected chi connectivity index (χ0v) is 19.1. The van der Waals surface area contributed by atoms with Crippen molar-refractivity contribution in [2.75, 3.05) is 28.3 Å². The average Bonchev–Trinajstić information content (AvgIpc) is 2.71.